The quantitative estimate of drug-likeness (QED) is 0.292. The van der Waals surface area contributed by atoms with E-state index in [1.54, 1.807) is 60.8 Å². The number of anilines is 2. The van der Waals surface area contributed by atoms with E-state index in [0.29, 0.717) is 60.1 Å². The number of hydrogen-bond acceptors (Lipinski definition) is 6. The molecule has 44 heavy (non-hydrogen) atoms. The highest BCUT2D eigenvalue weighted by molar-refractivity contribution is 6.31. The summed E-state index contributed by atoms with van der Waals surface area (Å²) in [6, 6.07) is 14.1. The van der Waals surface area contributed by atoms with Gasteiger partial charge in [-0.1, -0.05) is 44.5 Å². The molecule has 3 aromatic rings. The Morgan fingerprint density at radius 1 is 0.955 bits per heavy atom. The molecule has 232 valence electrons. The number of amides is 3. The van der Waals surface area contributed by atoms with Gasteiger partial charge in [-0.25, -0.2) is 0 Å². The van der Waals surface area contributed by atoms with Crippen molar-refractivity contribution >= 4 is 46.7 Å². The number of benzene rings is 2. The van der Waals surface area contributed by atoms with Gasteiger partial charge in [0, 0.05) is 61.1 Å². The molecule has 3 amide bonds. The summed E-state index contributed by atoms with van der Waals surface area (Å²) in [4.78, 5) is 59.2. The van der Waals surface area contributed by atoms with Crippen molar-refractivity contribution in [2.75, 3.05) is 36.4 Å². The second-order valence-corrected chi connectivity index (χ2v) is 12.5. The van der Waals surface area contributed by atoms with Gasteiger partial charge < -0.3 is 25.5 Å². The molecule has 4 rings (SSSR count). The highest BCUT2D eigenvalue weighted by Crippen LogP contribution is 2.30. The lowest BCUT2D eigenvalue weighted by Crippen LogP contribution is -2.37. The minimum absolute atomic E-state index is 0.113. The maximum Gasteiger partial charge on any atom is 0.305 e. The first-order valence-corrected chi connectivity index (χ1v) is 14.9. The fraction of sp³-hybridized carbons (Fsp3) is 0.364. The van der Waals surface area contributed by atoms with E-state index in [1.165, 1.54) is 6.20 Å². The predicted molar refractivity (Wildman–Crippen MR) is 170 cm³/mol. The number of carbonyl (C=O) groups is 4. The average molecular weight is 620 g/mol. The van der Waals surface area contributed by atoms with Gasteiger partial charge in [-0.15, -0.1) is 0 Å². The topological polar surface area (TPSA) is 132 Å². The first-order valence-electron chi connectivity index (χ1n) is 14.6. The van der Waals surface area contributed by atoms with Crippen molar-refractivity contribution in [1.29, 1.82) is 0 Å². The van der Waals surface area contributed by atoms with Crippen LogP contribution in [-0.4, -0.2) is 64.9 Å². The number of aromatic nitrogens is 1. The molecule has 0 aliphatic carbocycles. The Labute approximate surface area is 262 Å². The number of nitrogens with one attached hydrogen (secondary N) is 2. The van der Waals surface area contributed by atoms with Crippen LogP contribution in [0.3, 0.4) is 0 Å². The maximum absolute atomic E-state index is 13.4. The Morgan fingerprint density at radius 2 is 1.73 bits per heavy atom. The third-order valence-electron chi connectivity index (χ3n) is 7.24. The summed E-state index contributed by atoms with van der Waals surface area (Å²) in [7, 11) is 0. The summed E-state index contributed by atoms with van der Waals surface area (Å²) in [6.07, 6.45) is 3.95. The lowest BCUT2D eigenvalue weighted by molar-refractivity contribution is -0.137. The van der Waals surface area contributed by atoms with Gasteiger partial charge in [0.1, 0.15) is 0 Å². The van der Waals surface area contributed by atoms with Crippen LogP contribution in [0.2, 0.25) is 5.02 Å². The molecule has 0 bridgehead atoms. The number of carbonyl (C=O) groups excluding carboxylic acids is 3. The molecule has 1 aliphatic rings. The van der Waals surface area contributed by atoms with Crippen LogP contribution in [0.15, 0.2) is 67.0 Å². The van der Waals surface area contributed by atoms with Gasteiger partial charge in [0.15, 0.2) is 0 Å². The summed E-state index contributed by atoms with van der Waals surface area (Å²) >= 11 is 6.12. The van der Waals surface area contributed by atoms with Gasteiger partial charge in [-0.2, -0.15) is 0 Å². The third kappa shape index (κ3) is 9.03. The molecular formula is C33H38ClN5O5. The summed E-state index contributed by atoms with van der Waals surface area (Å²) < 4.78 is 0. The second-order valence-electron chi connectivity index (χ2n) is 12.1. The molecule has 2 aromatic carbocycles. The zero-order valence-corrected chi connectivity index (χ0v) is 25.9. The predicted octanol–water partition coefficient (Wildman–Crippen LogP) is 5.41. The maximum atomic E-state index is 13.4. The Balaban J connectivity index is 1.61. The van der Waals surface area contributed by atoms with E-state index in [1.807, 2.05) is 25.7 Å². The minimum atomic E-state index is -1.07. The zero-order chi connectivity index (χ0) is 31.9. The SMILES string of the molecule is CC(C)(C)CC(=O)N1CCCN(c2ccc(C(=O)NC(CC(=O)O)c3cccnc3)cc2NC(=O)c2cccc(Cl)c2)CC1. The molecule has 3 N–H and O–H groups in total. The molecule has 10 nitrogen and oxygen atoms in total. The smallest absolute Gasteiger partial charge is 0.305 e. The Kier molecular flexibility index (Phi) is 10.6. The van der Waals surface area contributed by atoms with Gasteiger partial charge >= 0.3 is 5.97 Å². The largest absolute Gasteiger partial charge is 0.481 e. The van der Waals surface area contributed by atoms with Crippen LogP contribution in [0.25, 0.3) is 0 Å². The van der Waals surface area contributed by atoms with E-state index in [4.69, 9.17) is 11.6 Å². The molecule has 2 heterocycles. The number of carboxylic acids is 1. The van der Waals surface area contributed by atoms with E-state index in [0.717, 1.165) is 6.42 Å². The lowest BCUT2D eigenvalue weighted by Gasteiger charge is -2.27. The number of nitrogens with zero attached hydrogens (tertiary/aromatic N) is 3. The van der Waals surface area contributed by atoms with Gasteiger partial charge in [0.05, 0.1) is 23.8 Å². The summed E-state index contributed by atoms with van der Waals surface area (Å²) in [5.74, 6) is -1.85. The molecule has 1 fully saturated rings. The first kappa shape index (κ1) is 32.5. The van der Waals surface area contributed by atoms with Crippen molar-refractivity contribution < 1.29 is 24.3 Å². The van der Waals surface area contributed by atoms with E-state index in [9.17, 15) is 24.3 Å². The number of hydrogen-bond donors (Lipinski definition) is 3. The number of carboxylic acid groups (broad SMARTS) is 1. The van der Waals surface area contributed by atoms with Gasteiger partial charge in [-0.05, 0) is 59.9 Å². The van der Waals surface area contributed by atoms with Crippen LogP contribution >= 0.6 is 11.6 Å². The highest BCUT2D eigenvalue weighted by Gasteiger charge is 2.26. The van der Waals surface area contributed by atoms with E-state index >= 15 is 0 Å². The monoisotopic (exact) mass is 619 g/mol. The molecule has 0 spiro atoms. The van der Waals surface area contributed by atoms with Crippen LogP contribution in [0.1, 0.15) is 72.4 Å². The molecule has 1 atom stereocenters. The number of halogens is 1. The normalized spacial score (nSPS) is 14.4. The van der Waals surface area contributed by atoms with Crippen LogP contribution in [0, 0.1) is 5.41 Å². The molecule has 1 aromatic heterocycles. The van der Waals surface area contributed by atoms with Crippen molar-refractivity contribution in [2.45, 2.75) is 46.1 Å². The highest BCUT2D eigenvalue weighted by atomic mass is 35.5. The Morgan fingerprint density at radius 3 is 2.41 bits per heavy atom. The molecular weight excluding hydrogens is 582 g/mol. The van der Waals surface area contributed by atoms with Crippen molar-refractivity contribution in [1.82, 2.24) is 15.2 Å². The fourth-order valence-electron chi connectivity index (χ4n) is 5.10. The van der Waals surface area contributed by atoms with Crippen molar-refractivity contribution in [2.24, 2.45) is 5.41 Å². The number of aliphatic carboxylic acids is 1. The van der Waals surface area contributed by atoms with Gasteiger partial charge in [0.25, 0.3) is 11.8 Å². The van der Waals surface area contributed by atoms with E-state index in [2.05, 4.69) is 20.5 Å². The van der Waals surface area contributed by atoms with E-state index < -0.39 is 23.8 Å². The second kappa shape index (κ2) is 14.4. The molecule has 1 aliphatic heterocycles. The fourth-order valence-corrected chi connectivity index (χ4v) is 5.29. The standard InChI is InChI=1S/C33H38ClN5O5/c1-33(2,3)20-29(40)39-14-6-13-38(15-16-39)28-11-10-23(18-27(28)37-31(43)22-7-4-9-25(34)17-22)32(44)36-26(19-30(41)42)24-8-5-12-35-21-24/h4-5,7-12,17-18,21,26H,6,13-16,19-20H2,1-3H3,(H,36,44)(H,37,43)(H,41,42). The number of pyridine rings is 1. The third-order valence-corrected chi connectivity index (χ3v) is 7.47. The van der Waals surface area contributed by atoms with Crippen LogP contribution in [0.4, 0.5) is 11.4 Å². The molecule has 1 saturated heterocycles. The Bertz CT molecular complexity index is 1510. The van der Waals surface area contributed by atoms with Crippen molar-refractivity contribution in [3.8, 4) is 0 Å². The van der Waals surface area contributed by atoms with Crippen LogP contribution < -0.4 is 15.5 Å². The summed E-state index contributed by atoms with van der Waals surface area (Å²) in [6.45, 7) is 8.48. The van der Waals surface area contributed by atoms with Crippen LogP contribution in [0.5, 0.6) is 0 Å². The lowest BCUT2D eigenvalue weighted by atomic mass is 9.91. The molecule has 0 saturated carbocycles. The molecule has 0 radical (unpaired) electrons. The van der Waals surface area contributed by atoms with Crippen LogP contribution in [-0.2, 0) is 9.59 Å². The van der Waals surface area contributed by atoms with Crippen molar-refractivity contribution in [3.63, 3.8) is 0 Å². The van der Waals surface area contributed by atoms with Gasteiger partial charge in [0.2, 0.25) is 5.91 Å². The Hall–Kier alpha value is -4.44. The number of rotatable bonds is 9. The summed E-state index contributed by atoms with van der Waals surface area (Å²) in [5.41, 5.74) is 2.16. The average Bonchev–Trinajstić information content (AvgIpc) is 3.23. The molecule has 11 heteroatoms. The molecule has 1 unspecified atom stereocenters. The minimum Gasteiger partial charge on any atom is -0.481 e. The van der Waals surface area contributed by atoms with Gasteiger partial charge in [-0.3, -0.25) is 24.2 Å². The van der Waals surface area contributed by atoms with Crippen molar-refractivity contribution in [3.05, 3.63) is 88.7 Å². The van der Waals surface area contributed by atoms with E-state index in [-0.39, 0.29) is 23.3 Å². The first-order chi connectivity index (χ1) is 20.9. The zero-order valence-electron chi connectivity index (χ0n) is 25.2. The summed E-state index contributed by atoms with van der Waals surface area (Å²) in [5, 5.41) is 15.6.